The van der Waals surface area contributed by atoms with E-state index in [2.05, 4.69) is 10.1 Å². The van der Waals surface area contributed by atoms with Gasteiger partial charge in [0.25, 0.3) is 0 Å². The van der Waals surface area contributed by atoms with E-state index < -0.39 is 17.7 Å². The number of alkyl halides is 3. The van der Waals surface area contributed by atoms with Crippen LogP contribution >= 0.6 is 11.6 Å². The molecule has 0 aromatic heterocycles. The number of rotatable bonds is 3. The summed E-state index contributed by atoms with van der Waals surface area (Å²) in [5.41, 5.74) is -0.804. The Morgan fingerprint density at radius 1 is 1.14 bits per heavy atom. The molecular formula is C12H4ClF3N4O. The zero-order chi connectivity index (χ0) is 16.0. The Hall–Kier alpha value is -2.89. The Morgan fingerprint density at radius 2 is 1.76 bits per heavy atom. The Morgan fingerprint density at radius 3 is 2.19 bits per heavy atom. The van der Waals surface area contributed by atoms with Gasteiger partial charge < -0.3 is 10.1 Å². The summed E-state index contributed by atoms with van der Waals surface area (Å²) in [4.78, 5) is 0. The van der Waals surface area contributed by atoms with Crippen molar-refractivity contribution in [3.63, 3.8) is 0 Å². The molecule has 0 aliphatic carbocycles. The molecule has 0 aliphatic rings. The molecule has 0 spiro atoms. The lowest BCUT2D eigenvalue weighted by molar-refractivity contribution is -0.274. The zero-order valence-electron chi connectivity index (χ0n) is 9.99. The Kier molecular flexibility index (Phi) is 5.01. The first kappa shape index (κ1) is 16.2. The van der Waals surface area contributed by atoms with Crippen LogP contribution in [0.2, 0.25) is 5.02 Å². The first-order valence-corrected chi connectivity index (χ1v) is 5.45. The average molecular weight is 313 g/mol. The third-order valence-electron chi connectivity index (χ3n) is 2.02. The SMILES string of the molecule is N#CC(C#N)=C(C#N)Nc1ccc(OC(F)(F)F)cc1Cl. The van der Waals surface area contributed by atoms with Crippen molar-refractivity contribution in [2.24, 2.45) is 0 Å². The van der Waals surface area contributed by atoms with E-state index in [1.807, 2.05) is 0 Å². The molecule has 0 amide bonds. The Bertz CT molecular complexity index is 691. The molecule has 9 heteroatoms. The van der Waals surface area contributed by atoms with Gasteiger partial charge in [-0.3, -0.25) is 0 Å². The molecule has 0 aliphatic heterocycles. The van der Waals surface area contributed by atoms with Gasteiger partial charge in [0.2, 0.25) is 0 Å². The highest BCUT2D eigenvalue weighted by molar-refractivity contribution is 6.33. The molecule has 1 N–H and O–H groups in total. The van der Waals surface area contributed by atoms with E-state index in [1.54, 1.807) is 6.07 Å². The van der Waals surface area contributed by atoms with Crippen LogP contribution in [0.25, 0.3) is 0 Å². The van der Waals surface area contributed by atoms with Gasteiger partial charge in [-0.05, 0) is 12.1 Å². The molecule has 1 aromatic rings. The van der Waals surface area contributed by atoms with Crippen LogP contribution < -0.4 is 10.1 Å². The van der Waals surface area contributed by atoms with E-state index in [9.17, 15) is 13.2 Å². The summed E-state index contributed by atoms with van der Waals surface area (Å²) in [5, 5.41) is 28.3. The van der Waals surface area contributed by atoms with Crippen LogP contribution in [-0.4, -0.2) is 6.36 Å². The highest BCUT2D eigenvalue weighted by Gasteiger charge is 2.31. The second kappa shape index (κ2) is 6.51. The monoisotopic (exact) mass is 312 g/mol. The molecule has 0 heterocycles. The fourth-order valence-electron chi connectivity index (χ4n) is 1.21. The van der Waals surface area contributed by atoms with E-state index >= 15 is 0 Å². The summed E-state index contributed by atoms with van der Waals surface area (Å²) in [5.74, 6) is -0.540. The molecule has 0 radical (unpaired) electrons. The van der Waals surface area contributed by atoms with Crippen LogP contribution in [0.15, 0.2) is 29.5 Å². The van der Waals surface area contributed by atoms with Crippen molar-refractivity contribution in [3.05, 3.63) is 34.5 Å². The Labute approximate surface area is 122 Å². The van der Waals surface area contributed by atoms with Gasteiger partial charge in [0.1, 0.15) is 29.7 Å². The fourth-order valence-corrected chi connectivity index (χ4v) is 1.43. The van der Waals surface area contributed by atoms with Crippen LogP contribution in [0.3, 0.4) is 0 Å². The van der Waals surface area contributed by atoms with Crippen LogP contribution in [-0.2, 0) is 0 Å². The highest BCUT2D eigenvalue weighted by atomic mass is 35.5. The number of halogens is 4. The average Bonchev–Trinajstić information content (AvgIpc) is 2.39. The number of allylic oxidation sites excluding steroid dienone is 2. The van der Waals surface area contributed by atoms with Gasteiger partial charge in [-0.2, -0.15) is 15.8 Å². The van der Waals surface area contributed by atoms with Crippen molar-refractivity contribution in [2.45, 2.75) is 6.36 Å². The molecule has 1 rings (SSSR count). The minimum Gasteiger partial charge on any atom is -0.406 e. The summed E-state index contributed by atoms with van der Waals surface area (Å²) in [6.45, 7) is 0. The molecule has 0 atom stereocenters. The third kappa shape index (κ3) is 4.61. The lowest BCUT2D eigenvalue weighted by Gasteiger charge is -2.11. The van der Waals surface area contributed by atoms with E-state index in [1.165, 1.54) is 12.1 Å². The van der Waals surface area contributed by atoms with Gasteiger partial charge in [0.15, 0.2) is 5.57 Å². The van der Waals surface area contributed by atoms with E-state index in [0.29, 0.717) is 0 Å². The topological polar surface area (TPSA) is 92.6 Å². The fraction of sp³-hybridized carbons (Fsp3) is 0.0833. The molecule has 0 saturated carbocycles. The number of ether oxygens (including phenoxy) is 1. The number of anilines is 1. The number of benzene rings is 1. The van der Waals surface area contributed by atoms with Crippen LogP contribution in [0.1, 0.15) is 0 Å². The van der Waals surface area contributed by atoms with Gasteiger partial charge in [-0.25, -0.2) is 0 Å². The summed E-state index contributed by atoms with van der Waals surface area (Å²) >= 11 is 5.74. The molecular weight excluding hydrogens is 309 g/mol. The number of hydrogen-bond acceptors (Lipinski definition) is 5. The lowest BCUT2D eigenvalue weighted by Crippen LogP contribution is -2.17. The summed E-state index contributed by atoms with van der Waals surface area (Å²) in [6, 6.07) is 7.56. The number of nitrogens with one attached hydrogen (secondary N) is 1. The minimum absolute atomic E-state index is 0.0470. The normalized spacial score (nSPS) is 9.76. The van der Waals surface area contributed by atoms with Crippen LogP contribution in [0.4, 0.5) is 18.9 Å². The predicted octanol–water partition coefficient (Wildman–Crippen LogP) is 3.48. The molecule has 0 fully saturated rings. The maximum Gasteiger partial charge on any atom is 0.573 e. The maximum absolute atomic E-state index is 12.0. The third-order valence-corrected chi connectivity index (χ3v) is 2.33. The van der Waals surface area contributed by atoms with Gasteiger partial charge in [0, 0.05) is 6.07 Å². The smallest absolute Gasteiger partial charge is 0.406 e. The lowest BCUT2D eigenvalue weighted by atomic mass is 10.2. The quantitative estimate of drug-likeness (QED) is 0.862. The second-order valence-electron chi connectivity index (χ2n) is 3.40. The molecule has 0 unspecified atom stereocenters. The molecule has 0 saturated heterocycles. The van der Waals surface area contributed by atoms with Crippen molar-refractivity contribution in [1.29, 1.82) is 15.8 Å². The van der Waals surface area contributed by atoms with Gasteiger partial charge in [-0.15, -0.1) is 13.2 Å². The van der Waals surface area contributed by atoms with E-state index in [-0.39, 0.29) is 16.4 Å². The van der Waals surface area contributed by atoms with Crippen molar-refractivity contribution < 1.29 is 17.9 Å². The van der Waals surface area contributed by atoms with Crippen molar-refractivity contribution in [2.75, 3.05) is 5.32 Å². The van der Waals surface area contributed by atoms with Gasteiger partial charge in [-0.1, -0.05) is 11.6 Å². The predicted molar refractivity (Wildman–Crippen MR) is 65.6 cm³/mol. The Balaban J connectivity index is 3.08. The molecule has 5 nitrogen and oxygen atoms in total. The van der Waals surface area contributed by atoms with Gasteiger partial charge >= 0.3 is 6.36 Å². The van der Waals surface area contributed by atoms with Crippen LogP contribution in [0.5, 0.6) is 5.75 Å². The largest absolute Gasteiger partial charge is 0.573 e. The standard InChI is InChI=1S/C12H4ClF3N4O/c13-9-3-8(21-12(14,15)16)1-2-10(9)20-11(6-19)7(4-17)5-18/h1-3,20H. The summed E-state index contributed by atoms with van der Waals surface area (Å²) < 4.78 is 39.8. The first-order chi connectivity index (χ1) is 9.80. The number of nitrogens with zero attached hydrogens (tertiary/aromatic N) is 3. The highest BCUT2D eigenvalue weighted by Crippen LogP contribution is 2.31. The van der Waals surface area contributed by atoms with Crippen molar-refractivity contribution >= 4 is 17.3 Å². The van der Waals surface area contributed by atoms with E-state index in [0.717, 1.165) is 18.2 Å². The minimum atomic E-state index is -4.86. The molecule has 0 bridgehead atoms. The molecule has 106 valence electrons. The molecule has 21 heavy (non-hydrogen) atoms. The van der Waals surface area contributed by atoms with Gasteiger partial charge in [0.05, 0.1) is 10.7 Å². The maximum atomic E-state index is 12.0. The summed E-state index contributed by atoms with van der Waals surface area (Å²) in [7, 11) is 0. The van der Waals surface area contributed by atoms with E-state index in [4.69, 9.17) is 27.4 Å². The number of hydrogen-bond donors (Lipinski definition) is 1. The second-order valence-corrected chi connectivity index (χ2v) is 3.81. The first-order valence-electron chi connectivity index (χ1n) is 5.07. The molecule has 1 aromatic carbocycles. The van der Waals surface area contributed by atoms with Crippen molar-refractivity contribution in [3.8, 4) is 24.0 Å². The van der Waals surface area contributed by atoms with Crippen molar-refractivity contribution in [1.82, 2.24) is 0 Å². The summed E-state index contributed by atoms with van der Waals surface area (Å²) in [6.07, 6.45) is -4.86. The van der Waals surface area contributed by atoms with Crippen LogP contribution in [0, 0.1) is 34.0 Å². The number of nitriles is 3. The zero-order valence-corrected chi connectivity index (χ0v) is 10.7.